The minimum atomic E-state index is 0.0321. The molecule has 17 heavy (non-hydrogen) atoms. The SMILES string of the molecule is Cn1ncnc1CC(=O)c1ccc(CN)cc1. The summed E-state index contributed by atoms with van der Waals surface area (Å²) in [6.45, 7) is 0.484. The molecule has 2 N–H and O–H groups in total. The Morgan fingerprint density at radius 2 is 2.06 bits per heavy atom. The van der Waals surface area contributed by atoms with Gasteiger partial charge in [-0.15, -0.1) is 0 Å². The summed E-state index contributed by atoms with van der Waals surface area (Å²) in [7, 11) is 1.77. The second kappa shape index (κ2) is 4.88. The zero-order valence-electron chi connectivity index (χ0n) is 9.63. The monoisotopic (exact) mass is 230 g/mol. The summed E-state index contributed by atoms with van der Waals surface area (Å²) in [5.74, 6) is 0.697. The Balaban J connectivity index is 2.12. The summed E-state index contributed by atoms with van der Waals surface area (Å²) in [5, 5.41) is 3.93. The van der Waals surface area contributed by atoms with Crippen molar-refractivity contribution in [3.8, 4) is 0 Å². The standard InChI is InChI=1S/C12H14N4O/c1-16-12(14-8-15-16)6-11(17)10-4-2-9(7-13)3-5-10/h2-5,8H,6-7,13H2,1H3. The smallest absolute Gasteiger partial charge is 0.170 e. The Labute approximate surface area is 99.3 Å². The van der Waals surface area contributed by atoms with Crippen LogP contribution in [-0.4, -0.2) is 20.5 Å². The minimum Gasteiger partial charge on any atom is -0.326 e. The van der Waals surface area contributed by atoms with Gasteiger partial charge in [-0.1, -0.05) is 24.3 Å². The number of ketones is 1. The highest BCUT2D eigenvalue weighted by Crippen LogP contribution is 2.07. The van der Waals surface area contributed by atoms with Crippen molar-refractivity contribution in [2.45, 2.75) is 13.0 Å². The number of aryl methyl sites for hydroxylation is 1. The van der Waals surface area contributed by atoms with Gasteiger partial charge in [0.05, 0.1) is 6.42 Å². The first-order valence-electron chi connectivity index (χ1n) is 5.36. The molecule has 0 atom stereocenters. The molecule has 0 saturated carbocycles. The number of Topliss-reactive ketones (excluding diaryl/α,β-unsaturated/α-hetero) is 1. The van der Waals surface area contributed by atoms with Crippen LogP contribution in [0.2, 0.25) is 0 Å². The van der Waals surface area contributed by atoms with Crippen LogP contribution in [0, 0.1) is 0 Å². The molecule has 2 rings (SSSR count). The molecule has 0 aliphatic rings. The molecule has 0 bridgehead atoms. The van der Waals surface area contributed by atoms with E-state index in [-0.39, 0.29) is 12.2 Å². The number of carbonyl (C=O) groups is 1. The van der Waals surface area contributed by atoms with E-state index in [1.807, 2.05) is 12.1 Å². The van der Waals surface area contributed by atoms with Gasteiger partial charge in [-0.3, -0.25) is 9.48 Å². The molecular formula is C12H14N4O. The number of hydrogen-bond acceptors (Lipinski definition) is 4. The van der Waals surface area contributed by atoms with E-state index < -0.39 is 0 Å². The second-order valence-corrected chi connectivity index (χ2v) is 3.80. The van der Waals surface area contributed by atoms with E-state index in [4.69, 9.17) is 5.73 Å². The number of nitrogens with two attached hydrogens (primary N) is 1. The third-order valence-electron chi connectivity index (χ3n) is 2.64. The first-order chi connectivity index (χ1) is 8.20. The topological polar surface area (TPSA) is 73.8 Å². The Bertz CT molecular complexity index is 516. The number of hydrogen-bond donors (Lipinski definition) is 1. The highest BCUT2D eigenvalue weighted by atomic mass is 16.1. The van der Waals surface area contributed by atoms with E-state index in [2.05, 4.69) is 10.1 Å². The molecule has 0 saturated heterocycles. The number of rotatable bonds is 4. The van der Waals surface area contributed by atoms with Gasteiger partial charge in [0.15, 0.2) is 5.78 Å². The molecule has 1 heterocycles. The molecule has 0 unspecified atom stereocenters. The maximum absolute atomic E-state index is 12.0. The average Bonchev–Trinajstić information content (AvgIpc) is 2.75. The van der Waals surface area contributed by atoms with Crippen LogP contribution < -0.4 is 5.73 Å². The van der Waals surface area contributed by atoms with Gasteiger partial charge in [-0.25, -0.2) is 4.98 Å². The molecular weight excluding hydrogens is 216 g/mol. The summed E-state index contributed by atoms with van der Waals surface area (Å²) < 4.78 is 1.60. The van der Waals surface area contributed by atoms with Gasteiger partial charge in [-0.05, 0) is 5.56 Å². The van der Waals surface area contributed by atoms with Crippen LogP contribution >= 0.6 is 0 Å². The third kappa shape index (κ3) is 2.57. The minimum absolute atomic E-state index is 0.0321. The lowest BCUT2D eigenvalue weighted by molar-refractivity contribution is 0.0989. The Hall–Kier alpha value is -2.01. The number of aromatic nitrogens is 3. The number of benzene rings is 1. The molecule has 1 aromatic heterocycles. The van der Waals surface area contributed by atoms with Gasteiger partial charge < -0.3 is 5.73 Å². The van der Waals surface area contributed by atoms with Crippen LogP contribution in [-0.2, 0) is 20.0 Å². The van der Waals surface area contributed by atoms with Gasteiger partial charge in [0.25, 0.3) is 0 Å². The summed E-state index contributed by atoms with van der Waals surface area (Å²) in [5.41, 5.74) is 7.18. The predicted octanol–water partition coefficient (Wildman–Crippen LogP) is 0.699. The fourth-order valence-corrected chi connectivity index (χ4v) is 1.55. The Morgan fingerprint density at radius 3 is 2.59 bits per heavy atom. The zero-order valence-corrected chi connectivity index (χ0v) is 9.63. The van der Waals surface area contributed by atoms with Gasteiger partial charge in [0.2, 0.25) is 0 Å². The third-order valence-corrected chi connectivity index (χ3v) is 2.64. The van der Waals surface area contributed by atoms with Gasteiger partial charge in [0.1, 0.15) is 12.2 Å². The van der Waals surface area contributed by atoms with E-state index in [1.54, 1.807) is 23.9 Å². The van der Waals surface area contributed by atoms with Crippen molar-refractivity contribution in [1.29, 1.82) is 0 Å². The molecule has 1 aromatic carbocycles. The van der Waals surface area contributed by atoms with E-state index in [9.17, 15) is 4.79 Å². The van der Waals surface area contributed by atoms with E-state index >= 15 is 0 Å². The summed E-state index contributed by atoms with van der Waals surface area (Å²) >= 11 is 0. The van der Waals surface area contributed by atoms with E-state index in [1.165, 1.54) is 6.33 Å². The zero-order chi connectivity index (χ0) is 12.3. The van der Waals surface area contributed by atoms with Crippen LogP contribution in [0.5, 0.6) is 0 Å². The summed E-state index contributed by atoms with van der Waals surface area (Å²) in [6, 6.07) is 7.32. The van der Waals surface area contributed by atoms with Crippen LogP contribution in [0.25, 0.3) is 0 Å². The molecule has 5 nitrogen and oxygen atoms in total. The number of carbonyl (C=O) groups excluding carboxylic acids is 1. The molecule has 0 fully saturated rings. The molecule has 0 aliphatic carbocycles. The van der Waals surface area contributed by atoms with Crippen molar-refractivity contribution in [2.75, 3.05) is 0 Å². The van der Waals surface area contributed by atoms with Gasteiger partial charge in [-0.2, -0.15) is 5.10 Å². The maximum atomic E-state index is 12.0. The van der Waals surface area contributed by atoms with Gasteiger partial charge >= 0.3 is 0 Å². The molecule has 5 heteroatoms. The largest absolute Gasteiger partial charge is 0.326 e. The average molecular weight is 230 g/mol. The quantitative estimate of drug-likeness (QED) is 0.784. The molecule has 0 radical (unpaired) electrons. The van der Waals surface area contributed by atoms with Crippen molar-refractivity contribution in [3.05, 3.63) is 47.5 Å². The molecule has 0 amide bonds. The van der Waals surface area contributed by atoms with Crippen LogP contribution in [0.15, 0.2) is 30.6 Å². The van der Waals surface area contributed by atoms with Crippen molar-refractivity contribution in [1.82, 2.24) is 14.8 Å². The van der Waals surface area contributed by atoms with Crippen molar-refractivity contribution < 1.29 is 4.79 Å². The van der Waals surface area contributed by atoms with Crippen LogP contribution in [0.3, 0.4) is 0 Å². The van der Waals surface area contributed by atoms with Crippen molar-refractivity contribution in [3.63, 3.8) is 0 Å². The first kappa shape index (κ1) is 11.5. The van der Waals surface area contributed by atoms with Crippen LogP contribution in [0.4, 0.5) is 0 Å². The van der Waals surface area contributed by atoms with E-state index in [0.29, 0.717) is 17.9 Å². The Kier molecular flexibility index (Phi) is 3.30. The first-order valence-corrected chi connectivity index (χ1v) is 5.36. The molecule has 0 spiro atoms. The highest BCUT2D eigenvalue weighted by molar-refractivity contribution is 5.97. The predicted molar refractivity (Wildman–Crippen MR) is 63.4 cm³/mol. The summed E-state index contributed by atoms with van der Waals surface area (Å²) in [6.07, 6.45) is 1.71. The fourth-order valence-electron chi connectivity index (χ4n) is 1.55. The van der Waals surface area contributed by atoms with Crippen molar-refractivity contribution in [2.24, 2.45) is 12.8 Å². The lowest BCUT2D eigenvalue weighted by atomic mass is 10.1. The van der Waals surface area contributed by atoms with E-state index in [0.717, 1.165) is 5.56 Å². The lowest BCUT2D eigenvalue weighted by Gasteiger charge is -2.02. The van der Waals surface area contributed by atoms with Crippen molar-refractivity contribution >= 4 is 5.78 Å². The molecule has 0 aliphatic heterocycles. The number of nitrogens with zero attached hydrogens (tertiary/aromatic N) is 3. The van der Waals surface area contributed by atoms with Gasteiger partial charge in [0, 0.05) is 19.2 Å². The second-order valence-electron chi connectivity index (χ2n) is 3.80. The maximum Gasteiger partial charge on any atom is 0.170 e. The normalized spacial score (nSPS) is 10.5. The summed E-state index contributed by atoms with van der Waals surface area (Å²) in [4.78, 5) is 16.0. The Morgan fingerprint density at radius 1 is 1.35 bits per heavy atom. The molecule has 88 valence electrons. The lowest BCUT2D eigenvalue weighted by Crippen LogP contribution is -2.09. The molecule has 2 aromatic rings. The van der Waals surface area contributed by atoms with Crippen LogP contribution in [0.1, 0.15) is 21.7 Å². The highest BCUT2D eigenvalue weighted by Gasteiger charge is 2.10. The fraction of sp³-hybridized carbons (Fsp3) is 0.250.